The van der Waals surface area contributed by atoms with Crippen LogP contribution in [0.1, 0.15) is 48.8 Å². The van der Waals surface area contributed by atoms with E-state index in [1.54, 1.807) is 0 Å². The lowest BCUT2D eigenvalue weighted by molar-refractivity contribution is 0.299. The van der Waals surface area contributed by atoms with Crippen LogP contribution in [-0.2, 0) is 13.2 Å². The van der Waals surface area contributed by atoms with E-state index in [0.29, 0.717) is 12.6 Å². The van der Waals surface area contributed by atoms with Crippen molar-refractivity contribution in [1.82, 2.24) is 5.32 Å². The molecule has 0 saturated heterocycles. The molecule has 0 heterocycles. The van der Waals surface area contributed by atoms with Gasteiger partial charge in [0, 0.05) is 22.6 Å². The molecule has 0 atom stereocenters. The molecule has 0 unspecified atom stereocenters. The summed E-state index contributed by atoms with van der Waals surface area (Å²) in [5.41, 5.74) is 3.71. The summed E-state index contributed by atoms with van der Waals surface area (Å²) in [5.74, 6) is 0.974. The van der Waals surface area contributed by atoms with Gasteiger partial charge in [0.1, 0.15) is 12.4 Å². The normalized spacial score (nSPS) is 15.4. The first-order valence-electron chi connectivity index (χ1n) is 8.91. The highest BCUT2D eigenvalue weighted by molar-refractivity contribution is 9.10. The Hall–Kier alpha value is -1.32. The van der Waals surface area contributed by atoms with Gasteiger partial charge in [-0.15, -0.1) is 0 Å². The highest BCUT2D eigenvalue weighted by Gasteiger charge is 2.14. The fraction of sp³-hybridized carbons (Fsp3) is 0.429. The molecule has 128 valence electrons. The lowest BCUT2D eigenvalue weighted by Gasteiger charge is -2.23. The minimum Gasteiger partial charge on any atom is -0.489 e. The molecule has 1 aliphatic carbocycles. The average Bonchev–Trinajstić information content (AvgIpc) is 2.61. The standard InChI is InChI=1S/C21H26BrNO/c1-16-7-9-17(10-8-16)15-24-21-12-11-19(22)13-18(21)14-23-20-5-3-2-4-6-20/h7-13,20,23H,2-6,14-15H2,1H3. The van der Waals surface area contributed by atoms with E-state index >= 15 is 0 Å². The molecular weight excluding hydrogens is 362 g/mol. The van der Waals surface area contributed by atoms with Crippen molar-refractivity contribution in [3.05, 3.63) is 63.6 Å². The molecule has 1 fully saturated rings. The highest BCUT2D eigenvalue weighted by atomic mass is 79.9. The first kappa shape index (κ1) is 17.5. The summed E-state index contributed by atoms with van der Waals surface area (Å²) in [7, 11) is 0. The van der Waals surface area contributed by atoms with Gasteiger partial charge < -0.3 is 10.1 Å². The Morgan fingerprint density at radius 2 is 1.79 bits per heavy atom. The van der Waals surface area contributed by atoms with E-state index in [1.165, 1.54) is 48.8 Å². The molecule has 1 N–H and O–H groups in total. The van der Waals surface area contributed by atoms with Crippen molar-refractivity contribution in [2.75, 3.05) is 0 Å². The fourth-order valence-corrected chi connectivity index (χ4v) is 3.64. The summed E-state index contributed by atoms with van der Waals surface area (Å²) in [6, 6.07) is 15.5. The van der Waals surface area contributed by atoms with Crippen LogP contribution in [0.2, 0.25) is 0 Å². The zero-order chi connectivity index (χ0) is 16.8. The van der Waals surface area contributed by atoms with Crippen LogP contribution in [0.25, 0.3) is 0 Å². The van der Waals surface area contributed by atoms with E-state index in [4.69, 9.17) is 4.74 Å². The topological polar surface area (TPSA) is 21.3 Å². The van der Waals surface area contributed by atoms with Crippen molar-refractivity contribution in [2.24, 2.45) is 0 Å². The number of hydrogen-bond acceptors (Lipinski definition) is 2. The van der Waals surface area contributed by atoms with Gasteiger partial charge in [0.2, 0.25) is 0 Å². The average molecular weight is 388 g/mol. The van der Waals surface area contributed by atoms with Crippen LogP contribution in [0.5, 0.6) is 5.75 Å². The molecule has 2 nitrogen and oxygen atoms in total. The van der Waals surface area contributed by atoms with Crippen LogP contribution in [-0.4, -0.2) is 6.04 Å². The molecule has 3 heteroatoms. The largest absolute Gasteiger partial charge is 0.489 e. The van der Waals surface area contributed by atoms with E-state index in [1.807, 2.05) is 0 Å². The van der Waals surface area contributed by atoms with E-state index < -0.39 is 0 Å². The second-order valence-electron chi connectivity index (χ2n) is 6.74. The van der Waals surface area contributed by atoms with Gasteiger partial charge in [-0.2, -0.15) is 0 Å². The Bertz CT molecular complexity index is 647. The Kier molecular flexibility index (Phi) is 6.33. The van der Waals surface area contributed by atoms with Gasteiger partial charge in [0.05, 0.1) is 0 Å². The van der Waals surface area contributed by atoms with Crippen molar-refractivity contribution in [2.45, 2.75) is 58.2 Å². The minimum absolute atomic E-state index is 0.609. The monoisotopic (exact) mass is 387 g/mol. The Balaban J connectivity index is 1.62. The number of benzene rings is 2. The molecule has 1 saturated carbocycles. The molecule has 0 radical (unpaired) electrons. The lowest BCUT2D eigenvalue weighted by atomic mass is 9.95. The molecule has 24 heavy (non-hydrogen) atoms. The molecular formula is C21H26BrNO. The SMILES string of the molecule is Cc1ccc(COc2ccc(Br)cc2CNC2CCCCC2)cc1. The van der Waals surface area contributed by atoms with Crippen molar-refractivity contribution in [1.29, 1.82) is 0 Å². The second-order valence-corrected chi connectivity index (χ2v) is 7.66. The second kappa shape index (κ2) is 8.68. The van der Waals surface area contributed by atoms with Gasteiger partial charge in [0.25, 0.3) is 0 Å². The van der Waals surface area contributed by atoms with Gasteiger partial charge in [-0.1, -0.05) is 65.0 Å². The third-order valence-electron chi connectivity index (χ3n) is 4.72. The maximum absolute atomic E-state index is 6.10. The molecule has 0 aliphatic heterocycles. The van der Waals surface area contributed by atoms with Crippen LogP contribution in [0.15, 0.2) is 46.9 Å². The predicted molar refractivity (Wildman–Crippen MR) is 103 cm³/mol. The van der Waals surface area contributed by atoms with E-state index in [9.17, 15) is 0 Å². The summed E-state index contributed by atoms with van der Waals surface area (Å²) in [6.07, 6.45) is 6.70. The number of nitrogens with one attached hydrogen (secondary N) is 1. The fourth-order valence-electron chi connectivity index (χ4n) is 3.23. The third kappa shape index (κ3) is 5.09. The summed E-state index contributed by atoms with van der Waals surface area (Å²) in [4.78, 5) is 0. The Morgan fingerprint density at radius 3 is 2.54 bits per heavy atom. The molecule has 2 aromatic carbocycles. The zero-order valence-electron chi connectivity index (χ0n) is 14.4. The molecule has 1 aliphatic rings. The Morgan fingerprint density at radius 1 is 1.04 bits per heavy atom. The molecule has 0 bridgehead atoms. The third-order valence-corrected chi connectivity index (χ3v) is 5.22. The molecule has 0 aromatic heterocycles. The summed E-state index contributed by atoms with van der Waals surface area (Å²) < 4.78 is 7.20. The number of halogens is 1. The van der Waals surface area contributed by atoms with Gasteiger partial charge in [-0.05, 0) is 43.5 Å². The smallest absolute Gasteiger partial charge is 0.124 e. The van der Waals surface area contributed by atoms with Gasteiger partial charge in [-0.3, -0.25) is 0 Å². The highest BCUT2D eigenvalue weighted by Crippen LogP contribution is 2.25. The number of aryl methyl sites for hydroxylation is 1. The van der Waals surface area contributed by atoms with Gasteiger partial charge in [0.15, 0.2) is 0 Å². The molecule has 0 spiro atoms. The predicted octanol–water partition coefficient (Wildman–Crippen LogP) is 5.76. The van der Waals surface area contributed by atoms with Crippen molar-refractivity contribution >= 4 is 15.9 Å². The maximum atomic E-state index is 6.10. The van der Waals surface area contributed by atoms with Crippen LogP contribution < -0.4 is 10.1 Å². The quantitative estimate of drug-likeness (QED) is 0.680. The first-order valence-corrected chi connectivity index (χ1v) is 9.70. The van der Waals surface area contributed by atoms with Crippen LogP contribution in [0.3, 0.4) is 0 Å². The summed E-state index contributed by atoms with van der Waals surface area (Å²) >= 11 is 3.58. The van der Waals surface area contributed by atoms with E-state index in [0.717, 1.165) is 16.8 Å². The maximum Gasteiger partial charge on any atom is 0.124 e. The van der Waals surface area contributed by atoms with E-state index in [-0.39, 0.29) is 0 Å². The number of ether oxygens (including phenoxy) is 1. The number of hydrogen-bond donors (Lipinski definition) is 1. The van der Waals surface area contributed by atoms with Crippen LogP contribution in [0, 0.1) is 6.92 Å². The van der Waals surface area contributed by atoms with Crippen molar-refractivity contribution in [3.63, 3.8) is 0 Å². The number of rotatable bonds is 6. The van der Waals surface area contributed by atoms with Crippen LogP contribution in [0.4, 0.5) is 0 Å². The molecule has 0 amide bonds. The Labute approximate surface area is 153 Å². The first-order chi connectivity index (χ1) is 11.7. The van der Waals surface area contributed by atoms with Gasteiger partial charge >= 0.3 is 0 Å². The lowest BCUT2D eigenvalue weighted by Crippen LogP contribution is -2.30. The molecule has 2 aromatic rings. The summed E-state index contributed by atoms with van der Waals surface area (Å²) in [6.45, 7) is 3.58. The van der Waals surface area contributed by atoms with Crippen molar-refractivity contribution in [3.8, 4) is 5.75 Å². The molecule has 3 rings (SSSR count). The van der Waals surface area contributed by atoms with E-state index in [2.05, 4.69) is 70.6 Å². The van der Waals surface area contributed by atoms with Crippen molar-refractivity contribution < 1.29 is 4.74 Å². The van der Waals surface area contributed by atoms with Crippen LogP contribution >= 0.6 is 15.9 Å². The zero-order valence-corrected chi connectivity index (χ0v) is 15.9. The van der Waals surface area contributed by atoms with Gasteiger partial charge in [-0.25, -0.2) is 0 Å². The minimum atomic E-state index is 0.609. The summed E-state index contributed by atoms with van der Waals surface area (Å²) in [5, 5.41) is 3.71.